The Kier molecular flexibility index (Phi) is 30.6. The van der Waals surface area contributed by atoms with E-state index in [1.807, 2.05) is 0 Å². The molecule has 0 aromatic heterocycles. The minimum Gasteiger partial charge on any atom is -0.744 e. The SMILES string of the molecule is O=S(=O)([O-])c1ccc(N=Nc2cc(Cc3cc(Cc4cc(O)c(N=Nc5ccc(S(=O)(=O)[O-])cc5)c(O)c4Cc4cc(O)c(N=Nc5ccc(S(=O)(=O)[O-])cc5)c(O)c4N=Nc4ccc(S(=O)(=O)[O-])cc4)c(O)c(N=Nc4ccc(S(=O)(=O)[O-])cc4)c3O)c(O)cc2O)cc1.[Na+].[Na+].[Na+].[Na+].[Na+]. The van der Waals surface area contributed by atoms with Gasteiger partial charge in [-0.15, -0.1) is 25.6 Å². The molecule has 8 N–H and O–H groups in total. The van der Waals surface area contributed by atoms with Gasteiger partial charge in [0.2, 0.25) is 0 Å². The molecule has 0 amide bonds. The van der Waals surface area contributed by atoms with Crippen molar-refractivity contribution in [1.29, 1.82) is 0 Å². The van der Waals surface area contributed by atoms with Crippen molar-refractivity contribution in [1.82, 2.24) is 0 Å². The molecule has 9 rings (SSSR count). The summed E-state index contributed by atoms with van der Waals surface area (Å²) in [5, 5.41) is 133. The second kappa shape index (κ2) is 35.4. The third-order valence-corrected chi connectivity index (χ3v) is 17.7. The minimum absolute atomic E-state index is 0. The first-order valence-corrected chi connectivity index (χ1v) is 33.2. The maximum atomic E-state index is 12.3. The van der Waals surface area contributed by atoms with Crippen LogP contribution >= 0.6 is 0 Å². The molecule has 9 aromatic carbocycles. The molecule has 0 fully saturated rings. The third-order valence-electron chi connectivity index (χ3n) is 13.4. The Hall–Kier alpha value is -6.07. The predicted octanol–water partition coefficient (Wildman–Crippen LogP) is -4.28. The first kappa shape index (κ1) is 86.3. The molecule has 0 saturated heterocycles. The largest absolute Gasteiger partial charge is 1.00 e. The maximum absolute atomic E-state index is 12.3. The normalized spacial score (nSPS) is 12.1. The summed E-state index contributed by atoms with van der Waals surface area (Å²) < 4.78 is 174. The van der Waals surface area contributed by atoms with Crippen molar-refractivity contribution in [2.75, 3.05) is 0 Å². The molecule has 0 heterocycles. The fourth-order valence-electron chi connectivity index (χ4n) is 8.72. The van der Waals surface area contributed by atoms with Crippen LogP contribution in [0.2, 0.25) is 0 Å². The molecule has 0 spiro atoms. The Bertz CT molecular complexity index is 5330. The number of phenolic OH excluding ortho intramolecular Hbond substituents is 8. The molecule has 0 unspecified atom stereocenters. The molecule has 0 atom stereocenters. The molecule has 0 bridgehead atoms. The molecule has 0 aliphatic carbocycles. The number of benzene rings is 9. The summed E-state index contributed by atoms with van der Waals surface area (Å²) in [5.41, 5.74) is -5.28. The Morgan fingerprint density at radius 2 is 0.540 bits per heavy atom. The Morgan fingerprint density at radius 1 is 0.250 bits per heavy atom. The number of nitrogens with zero attached hydrogens (tertiary/aromatic N) is 10. The van der Waals surface area contributed by atoms with Gasteiger partial charge in [0.25, 0.3) is 0 Å². The Labute approximate surface area is 678 Å². The molecule has 33 nitrogen and oxygen atoms in total. The molecule has 0 aliphatic rings. The van der Waals surface area contributed by atoms with Crippen LogP contribution in [-0.2, 0) is 69.9 Å². The molecule has 0 radical (unpaired) electrons. The van der Waals surface area contributed by atoms with Gasteiger partial charge < -0.3 is 63.6 Å². The second-order valence-corrected chi connectivity index (χ2v) is 26.7. The molecule has 490 valence electrons. The van der Waals surface area contributed by atoms with Crippen LogP contribution in [0.1, 0.15) is 33.4 Å². The van der Waals surface area contributed by atoms with Crippen molar-refractivity contribution in [3.05, 3.63) is 185 Å². The monoisotopic (exact) mass is 1510 g/mol. The fraction of sp³-hybridized carbons (Fsp3) is 0.0526. The summed E-state index contributed by atoms with van der Waals surface area (Å²) in [6.45, 7) is 0. The van der Waals surface area contributed by atoms with E-state index in [0.717, 1.165) is 152 Å². The van der Waals surface area contributed by atoms with E-state index in [1.165, 1.54) is 0 Å². The van der Waals surface area contributed by atoms with Crippen LogP contribution in [0.5, 0.6) is 46.0 Å². The van der Waals surface area contributed by atoms with E-state index in [9.17, 15) is 106 Å². The first-order valence-electron chi connectivity index (χ1n) is 26.2. The average molecular weight is 1510 g/mol. The maximum Gasteiger partial charge on any atom is 1.00 e. The van der Waals surface area contributed by atoms with Crippen molar-refractivity contribution in [2.45, 2.75) is 43.7 Å². The fourth-order valence-corrected chi connectivity index (χ4v) is 11.1. The van der Waals surface area contributed by atoms with E-state index in [-0.39, 0.29) is 215 Å². The van der Waals surface area contributed by atoms with Crippen molar-refractivity contribution in [3.63, 3.8) is 0 Å². The van der Waals surface area contributed by atoms with E-state index >= 15 is 0 Å². The molecular formula is C57H39N10Na5O23S5. The molecular weight excluding hydrogens is 1470 g/mol. The molecule has 100 heavy (non-hydrogen) atoms. The molecule has 43 heteroatoms. The first-order chi connectivity index (χ1) is 44.5. The van der Waals surface area contributed by atoms with E-state index < -0.39 is 163 Å². The Morgan fingerprint density at radius 3 is 0.880 bits per heavy atom. The van der Waals surface area contributed by atoms with Crippen LogP contribution in [-0.4, -0.2) is 106 Å². The average Bonchev–Trinajstić information content (AvgIpc) is 0.771. The van der Waals surface area contributed by atoms with Gasteiger partial charge in [-0.1, -0.05) is 0 Å². The van der Waals surface area contributed by atoms with E-state index in [2.05, 4.69) is 51.1 Å². The Balaban J connectivity index is 0.00000424. The predicted molar refractivity (Wildman–Crippen MR) is 320 cm³/mol. The zero-order chi connectivity index (χ0) is 69.1. The smallest absolute Gasteiger partial charge is 0.744 e. The molecule has 0 aliphatic heterocycles. The topological polar surface area (TPSA) is 571 Å². The van der Waals surface area contributed by atoms with Crippen LogP contribution in [0.4, 0.5) is 56.9 Å². The van der Waals surface area contributed by atoms with Crippen molar-refractivity contribution in [3.8, 4) is 46.0 Å². The summed E-state index contributed by atoms with van der Waals surface area (Å²) in [4.78, 5) is -3.22. The number of aromatic hydroxyl groups is 8. The van der Waals surface area contributed by atoms with Crippen LogP contribution in [0, 0.1) is 0 Å². The number of rotatable bonds is 21. The minimum atomic E-state index is -4.97. The van der Waals surface area contributed by atoms with Gasteiger partial charge in [-0.3, -0.25) is 0 Å². The number of phenols is 8. The van der Waals surface area contributed by atoms with Gasteiger partial charge in [0, 0.05) is 47.6 Å². The van der Waals surface area contributed by atoms with Crippen LogP contribution < -0.4 is 148 Å². The van der Waals surface area contributed by atoms with E-state index in [1.54, 1.807) is 0 Å². The summed E-state index contributed by atoms with van der Waals surface area (Å²) >= 11 is 0. The number of azo groups is 5. The third kappa shape index (κ3) is 21.8. The van der Waals surface area contributed by atoms with Gasteiger partial charge in [-0.05, 0) is 157 Å². The van der Waals surface area contributed by atoms with Crippen LogP contribution in [0.25, 0.3) is 0 Å². The summed E-state index contributed by atoms with van der Waals surface area (Å²) in [6.07, 6.45) is -2.02. The van der Waals surface area contributed by atoms with Crippen LogP contribution in [0.3, 0.4) is 0 Å². The zero-order valence-electron chi connectivity index (χ0n) is 52.3. The van der Waals surface area contributed by atoms with E-state index in [0.29, 0.717) is 0 Å². The van der Waals surface area contributed by atoms with Gasteiger partial charge in [-0.25, -0.2) is 42.1 Å². The second-order valence-electron chi connectivity index (χ2n) is 19.8. The molecule has 9 aromatic rings. The van der Waals surface area contributed by atoms with E-state index in [4.69, 9.17) is 0 Å². The van der Waals surface area contributed by atoms with Crippen molar-refractivity contribution < 1.29 is 253 Å². The van der Waals surface area contributed by atoms with Gasteiger partial charge in [0.15, 0.2) is 28.6 Å². The van der Waals surface area contributed by atoms with Crippen molar-refractivity contribution >= 4 is 107 Å². The van der Waals surface area contributed by atoms with Crippen molar-refractivity contribution in [2.24, 2.45) is 51.1 Å². The quantitative estimate of drug-likeness (QED) is 0.0192. The summed E-state index contributed by atoms with van der Waals surface area (Å²) in [7, 11) is -24.6. The van der Waals surface area contributed by atoms with Crippen LogP contribution in [0.15, 0.2) is 227 Å². The molecule has 0 saturated carbocycles. The summed E-state index contributed by atoms with van der Waals surface area (Å²) in [6, 6.07) is 24.6. The van der Waals surface area contributed by atoms with Gasteiger partial charge in [0.1, 0.15) is 96.5 Å². The standard InChI is InChI=1S/C57H44N10O23S5.5Na/c68-46-28-47(69)45(63-58-34-1-11-39(12-2-34)91(76,77)78)25-30(46)22-33-23-32(54(72)53(55(33)73)67-62-38-9-19-43(20-10-38)95(88,89)90)21-29-26-48(70)51(65-60-36-5-15-41(16-6-36)93(82,83)84)56(74)44(29)24-31-27-49(71)52(66-61-37-7-17-42(18-8-37)94(85,86)87)57(75)50(31)64-59-35-3-13-40(14-4-35)92(79,80)81;;;;;/h1-20,23,25-28,68-75H,21-22,24H2,(H,76,77,78)(H,79,80,81)(H,82,83,84)(H,85,86,87)(H,88,89,90);;;;;/q;5*+1/p-5. The van der Waals surface area contributed by atoms with Gasteiger partial charge >= 0.3 is 148 Å². The summed E-state index contributed by atoms with van der Waals surface area (Å²) in [5.74, 6) is -6.78. The van der Waals surface area contributed by atoms with Gasteiger partial charge in [-0.2, -0.15) is 25.6 Å². The van der Waals surface area contributed by atoms with Gasteiger partial charge in [0.05, 0.1) is 52.9 Å². The number of hydrogen-bond acceptors (Lipinski definition) is 33. The number of hydrogen-bond donors (Lipinski definition) is 8. The zero-order valence-corrected chi connectivity index (χ0v) is 66.4.